The van der Waals surface area contributed by atoms with Crippen LogP contribution in [0.25, 0.3) is 0 Å². The van der Waals surface area contributed by atoms with E-state index in [0.717, 1.165) is 48.3 Å². The molecule has 0 radical (unpaired) electrons. The quantitative estimate of drug-likeness (QED) is 0.389. The number of nitriles is 1. The van der Waals surface area contributed by atoms with Gasteiger partial charge in [-0.05, 0) is 63.6 Å². The normalized spacial score (nSPS) is 12.4. The average Bonchev–Trinajstić information content (AvgIpc) is 3.14. The molecule has 0 atom stereocenters. The fourth-order valence-corrected chi connectivity index (χ4v) is 5.70. The van der Waals surface area contributed by atoms with Crippen molar-refractivity contribution in [1.29, 1.82) is 5.26 Å². The highest BCUT2D eigenvalue weighted by Gasteiger charge is 2.27. The third kappa shape index (κ3) is 5.96. The molecule has 2 heterocycles. The van der Waals surface area contributed by atoms with Crippen molar-refractivity contribution >= 4 is 45.9 Å². The Morgan fingerprint density at radius 1 is 1.18 bits per heavy atom. The van der Waals surface area contributed by atoms with Gasteiger partial charge in [-0.25, -0.2) is 14.6 Å². The minimum absolute atomic E-state index is 0.141. The number of aryl methyl sites for hydroxylation is 2. The molecule has 0 saturated heterocycles. The van der Waals surface area contributed by atoms with Gasteiger partial charge in [0.2, 0.25) is 5.91 Å². The van der Waals surface area contributed by atoms with Gasteiger partial charge in [-0.1, -0.05) is 0 Å². The third-order valence-corrected chi connectivity index (χ3v) is 7.47. The number of carbonyl (C=O) groups is 3. The Kier molecular flexibility index (Phi) is 9.07. The lowest BCUT2D eigenvalue weighted by Gasteiger charge is -2.16. The number of esters is 2. The van der Waals surface area contributed by atoms with Crippen molar-refractivity contribution in [2.45, 2.75) is 57.9 Å². The van der Waals surface area contributed by atoms with Crippen LogP contribution in [-0.2, 0) is 27.1 Å². The molecule has 1 aliphatic carbocycles. The van der Waals surface area contributed by atoms with Crippen molar-refractivity contribution < 1.29 is 23.9 Å². The van der Waals surface area contributed by atoms with E-state index in [1.165, 1.54) is 11.8 Å². The largest absolute Gasteiger partial charge is 0.462 e. The SMILES string of the molecule is CCOC(=O)c1sc(NC(=O)CCSc2nc3c(cc2C#N)CCCC3)c(C(=O)OCC)c1C. The molecule has 1 aliphatic rings. The Morgan fingerprint density at radius 2 is 1.88 bits per heavy atom. The standard InChI is InChI=1S/C24H27N3O5S2/c1-4-31-23(29)19-14(3)20(24(30)32-5-2)34-22(19)27-18(28)10-11-33-21-16(13-25)12-15-8-6-7-9-17(15)26-21/h12H,4-11H2,1-3H3,(H,27,28). The molecule has 0 spiro atoms. The average molecular weight is 502 g/mol. The van der Waals surface area contributed by atoms with Crippen LogP contribution in [-0.4, -0.2) is 41.8 Å². The maximum atomic E-state index is 12.7. The van der Waals surface area contributed by atoms with Gasteiger partial charge in [0.1, 0.15) is 21.0 Å². The van der Waals surface area contributed by atoms with Gasteiger partial charge in [-0.15, -0.1) is 23.1 Å². The molecule has 34 heavy (non-hydrogen) atoms. The zero-order valence-corrected chi connectivity index (χ0v) is 21.1. The number of pyridine rings is 1. The molecule has 2 aromatic rings. The summed E-state index contributed by atoms with van der Waals surface area (Å²) in [6.45, 7) is 5.38. The van der Waals surface area contributed by atoms with Crippen LogP contribution in [0.4, 0.5) is 5.00 Å². The lowest BCUT2D eigenvalue weighted by atomic mass is 9.95. The first kappa shape index (κ1) is 25.7. The van der Waals surface area contributed by atoms with Gasteiger partial charge in [0.05, 0.1) is 24.3 Å². The van der Waals surface area contributed by atoms with Crippen LogP contribution >= 0.6 is 23.1 Å². The summed E-state index contributed by atoms with van der Waals surface area (Å²) >= 11 is 2.36. The molecule has 0 saturated carbocycles. The van der Waals surface area contributed by atoms with E-state index in [9.17, 15) is 19.6 Å². The van der Waals surface area contributed by atoms with Crippen molar-refractivity contribution in [2.75, 3.05) is 24.3 Å². The predicted octanol–water partition coefficient (Wildman–Crippen LogP) is 4.68. The van der Waals surface area contributed by atoms with E-state index >= 15 is 0 Å². The fourth-order valence-electron chi connectivity index (χ4n) is 3.68. The summed E-state index contributed by atoms with van der Waals surface area (Å²) in [5, 5.41) is 13.1. The second-order valence-electron chi connectivity index (χ2n) is 7.61. The summed E-state index contributed by atoms with van der Waals surface area (Å²) in [5.41, 5.74) is 3.30. The topological polar surface area (TPSA) is 118 Å². The molecule has 8 nitrogen and oxygen atoms in total. The highest BCUT2D eigenvalue weighted by molar-refractivity contribution is 7.99. The maximum absolute atomic E-state index is 12.7. The van der Waals surface area contributed by atoms with E-state index in [-0.39, 0.29) is 41.0 Å². The third-order valence-electron chi connectivity index (χ3n) is 5.29. The Morgan fingerprint density at radius 3 is 2.59 bits per heavy atom. The van der Waals surface area contributed by atoms with Crippen molar-refractivity contribution in [1.82, 2.24) is 4.98 Å². The van der Waals surface area contributed by atoms with Gasteiger partial charge >= 0.3 is 11.9 Å². The number of thiophene rings is 1. The van der Waals surface area contributed by atoms with Crippen molar-refractivity contribution in [3.05, 3.63) is 38.9 Å². The van der Waals surface area contributed by atoms with Gasteiger partial charge < -0.3 is 14.8 Å². The number of amides is 1. The number of hydrogen-bond donors (Lipinski definition) is 1. The van der Waals surface area contributed by atoms with E-state index in [2.05, 4.69) is 16.4 Å². The molecule has 0 fully saturated rings. The van der Waals surface area contributed by atoms with Crippen LogP contribution in [0.1, 0.15) is 75.5 Å². The van der Waals surface area contributed by atoms with E-state index in [1.54, 1.807) is 20.8 Å². The number of ether oxygens (including phenoxy) is 2. The molecule has 0 aromatic carbocycles. The molecular formula is C24H27N3O5S2. The lowest BCUT2D eigenvalue weighted by molar-refractivity contribution is -0.115. The lowest BCUT2D eigenvalue weighted by Crippen LogP contribution is -2.15. The summed E-state index contributed by atoms with van der Waals surface area (Å²) in [4.78, 5) is 42.4. The summed E-state index contributed by atoms with van der Waals surface area (Å²) in [6.07, 6.45) is 4.20. The van der Waals surface area contributed by atoms with Crippen LogP contribution in [0.2, 0.25) is 0 Å². The molecule has 3 rings (SSSR count). The highest BCUT2D eigenvalue weighted by Crippen LogP contribution is 2.35. The smallest absolute Gasteiger partial charge is 0.348 e. The summed E-state index contributed by atoms with van der Waals surface area (Å²) in [6, 6.07) is 4.13. The van der Waals surface area contributed by atoms with E-state index in [0.29, 0.717) is 21.9 Å². The van der Waals surface area contributed by atoms with Crippen LogP contribution < -0.4 is 5.32 Å². The van der Waals surface area contributed by atoms with Gasteiger partial charge in [0.15, 0.2) is 0 Å². The molecule has 10 heteroatoms. The molecule has 1 N–H and O–H groups in total. The monoisotopic (exact) mass is 501 g/mol. The number of nitrogens with zero attached hydrogens (tertiary/aromatic N) is 2. The zero-order chi connectivity index (χ0) is 24.7. The Balaban J connectivity index is 1.70. The van der Waals surface area contributed by atoms with Gasteiger partial charge in [-0.3, -0.25) is 4.79 Å². The molecule has 1 amide bonds. The molecule has 180 valence electrons. The number of fused-ring (bicyclic) bond motifs is 1. The molecular weight excluding hydrogens is 474 g/mol. The summed E-state index contributed by atoms with van der Waals surface area (Å²) in [5.74, 6) is -1.05. The first-order valence-corrected chi connectivity index (χ1v) is 13.0. The predicted molar refractivity (Wildman–Crippen MR) is 131 cm³/mol. The maximum Gasteiger partial charge on any atom is 0.348 e. The molecule has 0 unspecified atom stereocenters. The summed E-state index contributed by atoms with van der Waals surface area (Å²) < 4.78 is 10.2. The van der Waals surface area contributed by atoms with Crippen molar-refractivity contribution in [3.8, 4) is 6.07 Å². The Bertz CT molecular complexity index is 1140. The van der Waals surface area contributed by atoms with E-state index < -0.39 is 11.9 Å². The van der Waals surface area contributed by atoms with Crippen molar-refractivity contribution in [3.63, 3.8) is 0 Å². The Labute approximate surface area is 207 Å². The number of carbonyl (C=O) groups excluding carboxylic acids is 3. The fraction of sp³-hybridized carbons (Fsp3) is 0.458. The number of anilines is 1. The second-order valence-corrected chi connectivity index (χ2v) is 9.72. The second kappa shape index (κ2) is 12.0. The number of thioether (sulfide) groups is 1. The minimum Gasteiger partial charge on any atom is -0.462 e. The molecule has 0 aliphatic heterocycles. The number of aromatic nitrogens is 1. The van der Waals surface area contributed by atoms with E-state index in [4.69, 9.17) is 9.47 Å². The number of nitrogens with one attached hydrogen (secondary N) is 1. The summed E-state index contributed by atoms with van der Waals surface area (Å²) in [7, 11) is 0. The number of hydrogen-bond acceptors (Lipinski definition) is 9. The van der Waals surface area contributed by atoms with Crippen LogP contribution in [0.15, 0.2) is 11.1 Å². The van der Waals surface area contributed by atoms with Crippen LogP contribution in [0.3, 0.4) is 0 Å². The first-order valence-electron chi connectivity index (χ1n) is 11.2. The van der Waals surface area contributed by atoms with Crippen molar-refractivity contribution in [2.24, 2.45) is 0 Å². The van der Waals surface area contributed by atoms with Gasteiger partial charge in [0.25, 0.3) is 0 Å². The van der Waals surface area contributed by atoms with E-state index in [1.807, 2.05) is 6.07 Å². The number of rotatable bonds is 9. The molecule has 2 aromatic heterocycles. The molecule has 0 bridgehead atoms. The van der Waals surface area contributed by atoms with Crippen LogP contribution in [0, 0.1) is 18.3 Å². The first-order chi connectivity index (χ1) is 16.4. The van der Waals surface area contributed by atoms with Crippen LogP contribution in [0.5, 0.6) is 0 Å². The van der Waals surface area contributed by atoms with Gasteiger partial charge in [0, 0.05) is 17.9 Å². The van der Waals surface area contributed by atoms with Gasteiger partial charge in [-0.2, -0.15) is 5.26 Å². The zero-order valence-electron chi connectivity index (χ0n) is 19.5. The Hall–Kier alpha value is -2.90. The minimum atomic E-state index is -0.603. The highest BCUT2D eigenvalue weighted by atomic mass is 32.2.